The van der Waals surface area contributed by atoms with Crippen molar-refractivity contribution in [3.8, 4) is 21.8 Å². The largest absolute Gasteiger partial charge is 0.383 e. The van der Waals surface area contributed by atoms with Crippen molar-refractivity contribution in [2.45, 2.75) is 44.6 Å². The molecule has 1 saturated carbocycles. The second kappa shape index (κ2) is 10.2. The minimum atomic E-state index is -0.361. The van der Waals surface area contributed by atoms with Crippen LogP contribution in [0.15, 0.2) is 41.1 Å². The van der Waals surface area contributed by atoms with Gasteiger partial charge in [0.25, 0.3) is 5.91 Å². The van der Waals surface area contributed by atoms with Crippen LogP contribution in [0.2, 0.25) is 0 Å². The summed E-state index contributed by atoms with van der Waals surface area (Å²) in [7, 11) is 0. The van der Waals surface area contributed by atoms with Gasteiger partial charge in [-0.2, -0.15) is 9.61 Å². The number of nitrogens with zero attached hydrogens (tertiary/aromatic N) is 7. The van der Waals surface area contributed by atoms with E-state index < -0.39 is 0 Å². The van der Waals surface area contributed by atoms with Crippen LogP contribution in [0.1, 0.15) is 54.6 Å². The van der Waals surface area contributed by atoms with Crippen molar-refractivity contribution in [1.29, 1.82) is 5.41 Å². The molecule has 40 heavy (non-hydrogen) atoms. The molecule has 3 fully saturated rings. The molecule has 0 radical (unpaired) electrons. The fourth-order valence-corrected chi connectivity index (χ4v) is 6.69. The first-order valence-corrected chi connectivity index (χ1v) is 13.9. The molecule has 2 bridgehead atoms. The van der Waals surface area contributed by atoms with Crippen LogP contribution in [-0.2, 0) is 4.79 Å². The predicted octanol–water partition coefficient (Wildman–Crippen LogP) is 3.15. The third-order valence-corrected chi connectivity index (χ3v) is 8.70. The van der Waals surface area contributed by atoms with Gasteiger partial charge in [0.15, 0.2) is 17.3 Å². The number of anilines is 1. The molecule has 4 aromatic rings. The topological polar surface area (TPSA) is 182 Å². The number of hydrogen-bond acceptors (Lipinski definition) is 9. The number of hydrogen-bond donors (Lipinski definition) is 3. The van der Waals surface area contributed by atoms with Gasteiger partial charge in [-0.15, -0.1) is 11.3 Å². The van der Waals surface area contributed by atoms with Gasteiger partial charge in [-0.1, -0.05) is 12.5 Å². The number of nitrogen functional groups attached to an aromatic ring is 1. The number of nitrogens with one attached hydrogen (secondary N) is 1. The fourth-order valence-electron chi connectivity index (χ4n) is 6.07. The van der Waals surface area contributed by atoms with Crippen LogP contribution in [-0.4, -0.2) is 65.9 Å². The average molecular weight is 557 g/mol. The van der Waals surface area contributed by atoms with Crippen molar-refractivity contribution in [2.75, 3.05) is 12.3 Å². The van der Waals surface area contributed by atoms with Gasteiger partial charge in [0, 0.05) is 47.4 Å². The average Bonchev–Trinajstić information content (AvgIpc) is 3.54. The van der Waals surface area contributed by atoms with Gasteiger partial charge in [0.05, 0.1) is 23.1 Å². The zero-order valence-corrected chi connectivity index (χ0v) is 22.6. The lowest BCUT2D eigenvalue weighted by atomic mass is 9.78. The Morgan fingerprint density at radius 1 is 1.23 bits per heavy atom. The van der Waals surface area contributed by atoms with Crippen molar-refractivity contribution in [3.63, 3.8) is 0 Å². The Kier molecular flexibility index (Phi) is 6.58. The maximum atomic E-state index is 13.0. The second-order valence-corrected chi connectivity index (χ2v) is 11.1. The molecule has 3 atom stereocenters. The van der Waals surface area contributed by atoms with E-state index in [4.69, 9.17) is 21.9 Å². The molecule has 0 spiro atoms. The zero-order chi connectivity index (χ0) is 28.0. The number of rotatable bonds is 5. The Morgan fingerprint density at radius 3 is 2.77 bits per heavy atom. The van der Waals surface area contributed by atoms with Crippen LogP contribution >= 0.6 is 11.3 Å². The molecule has 5 N–H and O–H groups in total. The van der Waals surface area contributed by atoms with E-state index >= 15 is 0 Å². The molecule has 1 amide bonds. The highest BCUT2D eigenvalue weighted by molar-refractivity contribution is 7.13. The van der Waals surface area contributed by atoms with Gasteiger partial charge < -0.3 is 16.4 Å². The van der Waals surface area contributed by atoms with Gasteiger partial charge in [-0.25, -0.2) is 15.0 Å². The van der Waals surface area contributed by atoms with E-state index in [-0.39, 0.29) is 41.2 Å². The zero-order valence-electron chi connectivity index (χ0n) is 21.8. The summed E-state index contributed by atoms with van der Waals surface area (Å²) in [6.07, 6.45) is 9.25. The number of pyridine rings is 1. The summed E-state index contributed by atoms with van der Waals surface area (Å²) in [4.78, 5) is 45.4. The molecule has 1 aliphatic carbocycles. The number of amides is 1. The van der Waals surface area contributed by atoms with E-state index in [1.165, 1.54) is 22.8 Å². The molecule has 2 saturated heterocycles. The number of nitrogens with two attached hydrogens (primary N) is 2. The van der Waals surface area contributed by atoms with Crippen LogP contribution in [0.5, 0.6) is 0 Å². The molecular weight excluding hydrogens is 528 g/mol. The Hall–Kier alpha value is -4.52. The predicted molar refractivity (Wildman–Crippen MR) is 152 cm³/mol. The molecular formula is C27H28N10O2S. The van der Waals surface area contributed by atoms with E-state index in [1.54, 1.807) is 23.5 Å². The number of aliphatic imine (C=N–C) groups is 1. The van der Waals surface area contributed by atoms with Crippen molar-refractivity contribution in [2.24, 2.45) is 16.6 Å². The van der Waals surface area contributed by atoms with E-state index in [0.29, 0.717) is 29.9 Å². The fraction of sp³-hybridized carbons (Fsp3) is 0.333. The first-order valence-electron chi connectivity index (χ1n) is 13.0. The van der Waals surface area contributed by atoms with Gasteiger partial charge in [-0.05, 0) is 38.2 Å². The molecule has 2 aliphatic heterocycles. The second-order valence-electron chi connectivity index (χ2n) is 10.2. The van der Waals surface area contributed by atoms with Crippen LogP contribution in [0.4, 0.5) is 5.82 Å². The lowest BCUT2D eigenvalue weighted by molar-refractivity contribution is -0.128. The summed E-state index contributed by atoms with van der Waals surface area (Å²) in [5, 5.41) is 14.4. The third kappa shape index (κ3) is 4.31. The number of amidine groups is 1. The van der Waals surface area contributed by atoms with Crippen LogP contribution in [0, 0.1) is 11.3 Å². The maximum absolute atomic E-state index is 13.0. The number of piperidine rings is 1. The highest BCUT2D eigenvalue weighted by Crippen LogP contribution is 2.45. The molecule has 13 heteroatoms. The third-order valence-electron chi connectivity index (χ3n) is 7.90. The highest BCUT2D eigenvalue weighted by atomic mass is 32.1. The smallest absolute Gasteiger partial charge is 0.289 e. The summed E-state index contributed by atoms with van der Waals surface area (Å²) in [5.41, 5.74) is 16.4. The normalized spacial score (nSPS) is 21.0. The molecule has 6 heterocycles. The Morgan fingerprint density at radius 2 is 2.08 bits per heavy atom. The van der Waals surface area contributed by atoms with Crippen molar-refractivity contribution >= 4 is 46.7 Å². The summed E-state index contributed by atoms with van der Waals surface area (Å²) in [6.45, 7) is 1.97. The molecule has 4 aromatic heterocycles. The van der Waals surface area contributed by atoms with E-state index in [0.717, 1.165) is 47.4 Å². The standard InChI is InChI=1S/C27H28N10O2S/c1-14(38)21-22(18-9-17-4-2-3-16(18)12-36(17)27(39)23(29)33-13-28)35-25-19(11-34-37(25)24(21)30)15-5-6-20(32-10-15)26-31-7-8-40-26/h5-8,10-11,13,16-18H,2-4,9,12,30H2,1H3,(H3,28,29,33). The van der Waals surface area contributed by atoms with Crippen LogP contribution in [0.25, 0.3) is 27.5 Å². The summed E-state index contributed by atoms with van der Waals surface area (Å²) >= 11 is 1.52. The van der Waals surface area contributed by atoms with Crippen molar-refractivity contribution in [1.82, 2.24) is 29.5 Å². The van der Waals surface area contributed by atoms with E-state index in [2.05, 4.69) is 20.1 Å². The van der Waals surface area contributed by atoms with Gasteiger partial charge in [0.1, 0.15) is 17.2 Å². The van der Waals surface area contributed by atoms with Crippen LogP contribution in [0.3, 0.4) is 0 Å². The van der Waals surface area contributed by atoms with Gasteiger partial charge >= 0.3 is 0 Å². The number of thiazole rings is 1. The number of carbonyl (C=O) groups excluding carboxylic acids is 2. The van der Waals surface area contributed by atoms with E-state index in [1.807, 2.05) is 17.5 Å². The molecule has 204 valence electrons. The van der Waals surface area contributed by atoms with Crippen molar-refractivity contribution in [3.05, 3.63) is 47.4 Å². The Bertz CT molecular complexity index is 1640. The highest BCUT2D eigenvalue weighted by Gasteiger charge is 2.43. The number of fused-ring (bicyclic) bond motifs is 5. The van der Waals surface area contributed by atoms with Gasteiger partial charge in [0.2, 0.25) is 0 Å². The number of carbonyl (C=O) groups is 2. The van der Waals surface area contributed by atoms with Crippen LogP contribution < -0.4 is 11.5 Å². The lowest BCUT2D eigenvalue weighted by Gasteiger charge is -2.41. The lowest BCUT2D eigenvalue weighted by Crippen LogP contribution is -2.52. The molecule has 0 aromatic carbocycles. The molecule has 12 nitrogen and oxygen atoms in total. The summed E-state index contributed by atoms with van der Waals surface area (Å²) in [5.74, 6) is -0.484. The minimum Gasteiger partial charge on any atom is -0.383 e. The molecule has 7 rings (SSSR count). The number of aromatic nitrogens is 5. The Balaban J connectivity index is 1.41. The number of ketones is 1. The maximum Gasteiger partial charge on any atom is 0.289 e. The first kappa shape index (κ1) is 25.7. The van der Waals surface area contributed by atoms with Crippen molar-refractivity contribution < 1.29 is 9.59 Å². The SMILES string of the molecule is CC(=O)c1c(C2CC3CCCC2CN3C(=O)C(N)=NC=N)nc2c(-c3ccc(-c4nccs4)nc3)cnn2c1N. The quantitative estimate of drug-likeness (QED) is 0.190. The minimum absolute atomic E-state index is 0.0635. The Labute approximate surface area is 233 Å². The first-order chi connectivity index (χ1) is 19.4. The summed E-state index contributed by atoms with van der Waals surface area (Å²) < 4.78 is 1.52. The molecule has 3 aliphatic rings. The van der Waals surface area contributed by atoms with Gasteiger partial charge in [-0.3, -0.25) is 20.0 Å². The van der Waals surface area contributed by atoms with E-state index in [9.17, 15) is 9.59 Å². The summed E-state index contributed by atoms with van der Waals surface area (Å²) in [6, 6.07) is 3.78. The molecule has 3 unspecified atom stereocenters. The number of Topliss-reactive ketones (excluding diaryl/α,β-unsaturated/α-hetero) is 1. The monoisotopic (exact) mass is 556 g/mol.